The second kappa shape index (κ2) is 5.98. The van der Waals surface area contributed by atoms with Crippen LogP contribution < -0.4 is 11.1 Å². The number of hydrogen-bond donors (Lipinski definition) is 3. The number of carbonyl (C=O) groups is 1. The van der Waals surface area contributed by atoms with E-state index < -0.39 is 0 Å². The average molecular weight is 202 g/mol. The van der Waals surface area contributed by atoms with E-state index in [4.69, 9.17) is 10.8 Å². The van der Waals surface area contributed by atoms with Crippen molar-refractivity contribution in [3.63, 3.8) is 0 Å². The van der Waals surface area contributed by atoms with Crippen LogP contribution in [0.25, 0.3) is 0 Å². The molecule has 0 spiro atoms. The summed E-state index contributed by atoms with van der Waals surface area (Å²) in [6.07, 6.45) is 1.30. The average Bonchev–Trinajstić information content (AvgIpc) is 2.04. The van der Waals surface area contributed by atoms with E-state index in [1.807, 2.05) is 20.8 Å². The van der Waals surface area contributed by atoms with Gasteiger partial charge in [0.1, 0.15) is 0 Å². The van der Waals surface area contributed by atoms with Gasteiger partial charge >= 0.3 is 0 Å². The van der Waals surface area contributed by atoms with E-state index >= 15 is 0 Å². The first-order chi connectivity index (χ1) is 6.46. The number of aliphatic hydroxyl groups is 1. The van der Waals surface area contributed by atoms with Crippen LogP contribution in [0.4, 0.5) is 0 Å². The zero-order valence-electron chi connectivity index (χ0n) is 9.34. The van der Waals surface area contributed by atoms with Crippen molar-refractivity contribution in [3.8, 4) is 0 Å². The first-order valence-corrected chi connectivity index (χ1v) is 5.09. The highest BCUT2D eigenvalue weighted by Crippen LogP contribution is 2.10. The van der Waals surface area contributed by atoms with Crippen molar-refractivity contribution < 1.29 is 9.90 Å². The highest BCUT2D eigenvalue weighted by molar-refractivity contribution is 5.79. The van der Waals surface area contributed by atoms with Gasteiger partial charge in [0.15, 0.2) is 0 Å². The van der Waals surface area contributed by atoms with Crippen LogP contribution in [0.1, 0.15) is 33.6 Å². The topological polar surface area (TPSA) is 75.4 Å². The second-order valence-corrected chi connectivity index (χ2v) is 4.19. The summed E-state index contributed by atoms with van der Waals surface area (Å²) in [5, 5.41) is 11.7. The Kier molecular flexibility index (Phi) is 5.72. The van der Waals surface area contributed by atoms with Crippen molar-refractivity contribution in [2.75, 3.05) is 13.2 Å². The van der Waals surface area contributed by atoms with Crippen LogP contribution in [-0.4, -0.2) is 29.7 Å². The van der Waals surface area contributed by atoms with E-state index in [9.17, 15) is 4.79 Å². The predicted octanol–water partition coefficient (Wildman–Crippen LogP) is 0.249. The van der Waals surface area contributed by atoms with Gasteiger partial charge in [0.2, 0.25) is 5.91 Å². The molecule has 0 saturated heterocycles. The molecule has 0 aliphatic heterocycles. The van der Waals surface area contributed by atoms with E-state index in [0.29, 0.717) is 13.0 Å². The second-order valence-electron chi connectivity index (χ2n) is 4.19. The van der Waals surface area contributed by atoms with Crippen LogP contribution in [0.2, 0.25) is 0 Å². The lowest BCUT2D eigenvalue weighted by Gasteiger charge is -2.27. The van der Waals surface area contributed by atoms with Gasteiger partial charge in [-0.1, -0.05) is 6.92 Å². The molecule has 4 N–H and O–H groups in total. The van der Waals surface area contributed by atoms with E-state index in [0.717, 1.165) is 6.42 Å². The normalized spacial score (nSPS) is 13.8. The Labute approximate surface area is 85.9 Å². The maximum absolute atomic E-state index is 11.6. The number of nitrogens with one attached hydrogen (secondary N) is 1. The van der Waals surface area contributed by atoms with E-state index in [1.165, 1.54) is 0 Å². The van der Waals surface area contributed by atoms with E-state index in [2.05, 4.69) is 5.32 Å². The van der Waals surface area contributed by atoms with Gasteiger partial charge in [-0.25, -0.2) is 0 Å². The van der Waals surface area contributed by atoms with Gasteiger partial charge < -0.3 is 16.2 Å². The van der Waals surface area contributed by atoms with Crippen molar-refractivity contribution in [3.05, 3.63) is 0 Å². The summed E-state index contributed by atoms with van der Waals surface area (Å²) < 4.78 is 0. The zero-order chi connectivity index (χ0) is 11.2. The molecule has 1 unspecified atom stereocenters. The summed E-state index contributed by atoms with van der Waals surface area (Å²) in [5.74, 6) is -0.138. The first-order valence-electron chi connectivity index (χ1n) is 5.09. The molecular weight excluding hydrogens is 180 g/mol. The van der Waals surface area contributed by atoms with Crippen molar-refractivity contribution in [2.24, 2.45) is 11.7 Å². The molecule has 1 atom stereocenters. The van der Waals surface area contributed by atoms with Gasteiger partial charge in [-0.05, 0) is 26.7 Å². The van der Waals surface area contributed by atoms with Gasteiger partial charge in [0, 0.05) is 24.6 Å². The smallest absolute Gasteiger partial charge is 0.224 e. The Hall–Kier alpha value is -0.610. The molecule has 0 radical (unpaired) electrons. The number of aliphatic hydroxyl groups excluding tert-OH is 1. The van der Waals surface area contributed by atoms with Gasteiger partial charge in [0.25, 0.3) is 0 Å². The minimum atomic E-state index is -0.353. The van der Waals surface area contributed by atoms with Gasteiger partial charge in [-0.3, -0.25) is 4.79 Å². The van der Waals surface area contributed by atoms with Crippen LogP contribution in [0.15, 0.2) is 0 Å². The number of nitrogens with two attached hydrogens (primary N) is 1. The van der Waals surface area contributed by atoms with Crippen molar-refractivity contribution in [2.45, 2.75) is 39.2 Å². The summed E-state index contributed by atoms with van der Waals surface area (Å²) >= 11 is 0. The van der Waals surface area contributed by atoms with E-state index in [-0.39, 0.29) is 24.0 Å². The Morgan fingerprint density at radius 2 is 2.14 bits per heavy atom. The highest BCUT2D eigenvalue weighted by atomic mass is 16.3. The third kappa shape index (κ3) is 4.58. The van der Waals surface area contributed by atoms with Crippen LogP contribution in [0, 0.1) is 5.92 Å². The number of hydrogen-bond acceptors (Lipinski definition) is 3. The molecule has 1 amide bonds. The van der Waals surface area contributed by atoms with Crippen LogP contribution in [0.5, 0.6) is 0 Å². The zero-order valence-corrected chi connectivity index (χ0v) is 9.34. The largest absolute Gasteiger partial charge is 0.396 e. The molecule has 84 valence electrons. The Balaban J connectivity index is 4.15. The van der Waals surface area contributed by atoms with Crippen LogP contribution in [-0.2, 0) is 4.79 Å². The van der Waals surface area contributed by atoms with Crippen LogP contribution >= 0.6 is 0 Å². The molecule has 0 aromatic rings. The maximum atomic E-state index is 11.6. The standard InChI is InChI=1S/C10H22N2O2/c1-4-8(7-11)9(14)12-10(2,3)5-6-13/h8,13H,4-7,11H2,1-3H3,(H,12,14). The molecule has 0 aliphatic carbocycles. The summed E-state index contributed by atoms with van der Waals surface area (Å²) in [7, 11) is 0. The van der Waals surface area contributed by atoms with Gasteiger partial charge in [0.05, 0.1) is 0 Å². The first kappa shape index (κ1) is 13.4. The van der Waals surface area contributed by atoms with Crippen molar-refractivity contribution in [1.82, 2.24) is 5.32 Å². The monoisotopic (exact) mass is 202 g/mol. The molecule has 4 nitrogen and oxygen atoms in total. The minimum Gasteiger partial charge on any atom is -0.396 e. The highest BCUT2D eigenvalue weighted by Gasteiger charge is 2.23. The summed E-state index contributed by atoms with van der Waals surface area (Å²) in [6.45, 7) is 6.18. The number of carbonyl (C=O) groups excluding carboxylic acids is 1. The maximum Gasteiger partial charge on any atom is 0.224 e. The minimum absolute atomic E-state index is 0.0200. The van der Waals surface area contributed by atoms with Gasteiger partial charge in [-0.15, -0.1) is 0 Å². The fourth-order valence-electron chi connectivity index (χ4n) is 1.24. The lowest BCUT2D eigenvalue weighted by molar-refractivity contribution is -0.126. The Morgan fingerprint density at radius 1 is 1.57 bits per heavy atom. The Morgan fingerprint density at radius 3 is 2.50 bits per heavy atom. The van der Waals surface area contributed by atoms with Crippen molar-refractivity contribution >= 4 is 5.91 Å². The molecule has 0 aliphatic rings. The third-order valence-corrected chi connectivity index (χ3v) is 2.35. The quantitative estimate of drug-likeness (QED) is 0.578. The third-order valence-electron chi connectivity index (χ3n) is 2.35. The molecule has 0 aromatic heterocycles. The molecule has 0 bridgehead atoms. The molecule has 0 fully saturated rings. The number of amides is 1. The Bertz CT molecular complexity index is 177. The fraction of sp³-hybridized carbons (Fsp3) is 0.900. The molecule has 0 rings (SSSR count). The van der Waals surface area contributed by atoms with Crippen LogP contribution in [0.3, 0.4) is 0 Å². The SMILES string of the molecule is CCC(CN)C(=O)NC(C)(C)CCO. The van der Waals surface area contributed by atoms with Crippen molar-refractivity contribution in [1.29, 1.82) is 0 Å². The molecular formula is C10H22N2O2. The number of rotatable bonds is 6. The molecule has 0 saturated carbocycles. The fourth-order valence-corrected chi connectivity index (χ4v) is 1.24. The van der Waals surface area contributed by atoms with E-state index in [1.54, 1.807) is 0 Å². The summed E-state index contributed by atoms with van der Waals surface area (Å²) in [5.41, 5.74) is 5.11. The predicted molar refractivity (Wildman–Crippen MR) is 56.8 cm³/mol. The lowest BCUT2D eigenvalue weighted by Crippen LogP contribution is -2.47. The molecule has 4 heteroatoms. The lowest BCUT2D eigenvalue weighted by atomic mass is 9.98. The molecule has 0 aromatic carbocycles. The summed E-state index contributed by atoms with van der Waals surface area (Å²) in [6, 6.07) is 0. The van der Waals surface area contributed by atoms with Gasteiger partial charge in [-0.2, -0.15) is 0 Å². The molecule has 0 heterocycles. The summed E-state index contributed by atoms with van der Waals surface area (Å²) in [4.78, 5) is 11.6. The molecule has 14 heavy (non-hydrogen) atoms.